The van der Waals surface area contributed by atoms with Gasteiger partial charge in [0, 0.05) is 6.54 Å². The van der Waals surface area contributed by atoms with Crippen LogP contribution in [-0.2, 0) is 0 Å². The van der Waals surface area contributed by atoms with Crippen LogP contribution in [-0.4, -0.2) is 44.9 Å². The fraction of sp³-hybridized carbons (Fsp3) is 0.643. The van der Waals surface area contributed by atoms with Gasteiger partial charge in [-0.1, -0.05) is 0 Å². The van der Waals surface area contributed by atoms with Crippen molar-refractivity contribution in [2.75, 3.05) is 11.9 Å². The van der Waals surface area contributed by atoms with Crippen LogP contribution < -0.4 is 5.32 Å². The van der Waals surface area contributed by atoms with Crippen molar-refractivity contribution in [3.63, 3.8) is 0 Å². The van der Waals surface area contributed by atoms with E-state index in [1.807, 2.05) is 19.9 Å². The van der Waals surface area contributed by atoms with Crippen LogP contribution >= 0.6 is 0 Å². The van der Waals surface area contributed by atoms with E-state index in [0.717, 1.165) is 30.5 Å². The monoisotopic (exact) mass is 276 g/mol. The molecule has 0 radical (unpaired) electrons. The molecule has 108 valence electrons. The van der Waals surface area contributed by atoms with Crippen molar-refractivity contribution >= 4 is 11.8 Å². The number of fused-ring (bicyclic) bond motifs is 1. The molecule has 3 rings (SSSR count). The molecule has 1 saturated carbocycles. The topological polar surface area (TPSA) is 78.4 Å². The zero-order valence-corrected chi connectivity index (χ0v) is 11.8. The largest absolute Gasteiger partial charge is 0.391 e. The molecular weight excluding hydrogens is 256 g/mol. The maximum atomic E-state index is 12.3. The van der Waals surface area contributed by atoms with E-state index < -0.39 is 0 Å². The number of rotatable bonds is 1. The van der Waals surface area contributed by atoms with Crippen molar-refractivity contribution in [2.24, 2.45) is 5.92 Å². The maximum Gasteiger partial charge on any atom is 0.323 e. The quantitative estimate of drug-likeness (QED) is 0.814. The summed E-state index contributed by atoms with van der Waals surface area (Å²) >= 11 is 0. The molecule has 0 bridgehead atoms. The number of carbonyl (C=O) groups is 1. The van der Waals surface area contributed by atoms with Gasteiger partial charge in [-0.3, -0.25) is 5.32 Å². The minimum Gasteiger partial charge on any atom is -0.391 e. The summed E-state index contributed by atoms with van der Waals surface area (Å²) in [5.74, 6) is 0.913. The van der Waals surface area contributed by atoms with Gasteiger partial charge in [-0.15, -0.1) is 5.10 Å². The highest BCUT2D eigenvalue weighted by Gasteiger charge is 2.45. The van der Waals surface area contributed by atoms with Gasteiger partial charge in [0.25, 0.3) is 0 Å². The number of urea groups is 1. The molecule has 1 aliphatic heterocycles. The molecule has 1 aromatic rings. The molecular formula is C14H20N4O2. The highest BCUT2D eigenvalue weighted by Crippen LogP contribution is 2.38. The molecule has 0 aromatic carbocycles. The number of nitrogens with zero attached hydrogens (tertiary/aromatic N) is 3. The molecule has 1 aliphatic carbocycles. The molecule has 20 heavy (non-hydrogen) atoms. The number of aryl methyl sites for hydroxylation is 2. The average molecular weight is 276 g/mol. The molecule has 2 aliphatic rings. The van der Waals surface area contributed by atoms with E-state index in [2.05, 4.69) is 15.5 Å². The zero-order valence-electron chi connectivity index (χ0n) is 11.8. The van der Waals surface area contributed by atoms with E-state index in [-0.39, 0.29) is 18.2 Å². The number of aliphatic hydroxyl groups is 1. The number of nitrogens with one attached hydrogen (secondary N) is 1. The standard InChI is InChI=1S/C14H20N4O2/c1-8-7-12(17-16-9(8)2)15-14(20)18-6-5-10-3-4-11(19)13(10)18/h7,10-11,13,19H,3-6H2,1-2H3,(H,15,17,20)/t10-,11+,13+/m0/s1. The summed E-state index contributed by atoms with van der Waals surface area (Å²) in [7, 11) is 0. The second kappa shape index (κ2) is 5.01. The Morgan fingerprint density at radius 1 is 1.35 bits per heavy atom. The van der Waals surface area contributed by atoms with Crippen molar-refractivity contribution in [3.8, 4) is 0 Å². The number of hydrogen-bond acceptors (Lipinski definition) is 4. The van der Waals surface area contributed by atoms with Gasteiger partial charge in [-0.2, -0.15) is 5.10 Å². The maximum absolute atomic E-state index is 12.3. The van der Waals surface area contributed by atoms with Gasteiger partial charge >= 0.3 is 6.03 Å². The average Bonchev–Trinajstić information content (AvgIpc) is 2.97. The van der Waals surface area contributed by atoms with E-state index in [0.29, 0.717) is 18.3 Å². The van der Waals surface area contributed by atoms with Crippen LogP contribution in [0.25, 0.3) is 0 Å². The highest BCUT2D eigenvalue weighted by molar-refractivity contribution is 5.88. The van der Waals surface area contributed by atoms with Crippen LogP contribution in [0.3, 0.4) is 0 Å². The summed E-state index contributed by atoms with van der Waals surface area (Å²) in [6.07, 6.45) is 2.40. The van der Waals surface area contributed by atoms with Crippen molar-refractivity contribution in [1.29, 1.82) is 0 Å². The fourth-order valence-electron chi connectivity index (χ4n) is 3.30. The van der Waals surface area contributed by atoms with E-state index in [1.54, 1.807) is 4.90 Å². The summed E-state index contributed by atoms with van der Waals surface area (Å²) in [6.45, 7) is 4.52. The lowest BCUT2D eigenvalue weighted by molar-refractivity contribution is 0.101. The number of likely N-dealkylation sites (tertiary alicyclic amines) is 1. The summed E-state index contributed by atoms with van der Waals surface area (Å²) in [6, 6.07) is 1.60. The molecule has 0 unspecified atom stereocenters. The summed E-state index contributed by atoms with van der Waals surface area (Å²) in [5.41, 5.74) is 1.85. The Morgan fingerprint density at radius 3 is 2.90 bits per heavy atom. The second-order valence-electron chi connectivity index (χ2n) is 5.81. The molecule has 6 heteroatoms. The molecule has 1 aromatic heterocycles. The predicted molar refractivity (Wildman–Crippen MR) is 74.4 cm³/mol. The molecule has 6 nitrogen and oxygen atoms in total. The minimum atomic E-state index is -0.390. The van der Waals surface area contributed by atoms with Crippen LogP contribution in [0.5, 0.6) is 0 Å². The highest BCUT2D eigenvalue weighted by atomic mass is 16.3. The third-order valence-electron chi connectivity index (χ3n) is 4.54. The Morgan fingerprint density at radius 2 is 2.15 bits per heavy atom. The van der Waals surface area contributed by atoms with Crippen LogP contribution in [0.2, 0.25) is 0 Å². The lowest BCUT2D eigenvalue weighted by Gasteiger charge is -2.26. The van der Waals surface area contributed by atoms with E-state index in [1.165, 1.54) is 0 Å². The summed E-state index contributed by atoms with van der Waals surface area (Å²) in [4.78, 5) is 14.1. The second-order valence-corrected chi connectivity index (χ2v) is 5.81. The van der Waals surface area contributed by atoms with Crippen LogP contribution in [0, 0.1) is 19.8 Å². The van der Waals surface area contributed by atoms with E-state index >= 15 is 0 Å². The Kier molecular flexibility index (Phi) is 3.33. The van der Waals surface area contributed by atoms with Crippen molar-refractivity contribution in [2.45, 2.75) is 45.3 Å². The third-order valence-corrected chi connectivity index (χ3v) is 4.54. The number of aromatic nitrogens is 2. The van der Waals surface area contributed by atoms with Crippen molar-refractivity contribution in [1.82, 2.24) is 15.1 Å². The first-order valence-corrected chi connectivity index (χ1v) is 7.13. The van der Waals surface area contributed by atoms with Crippen molar-refractivity contribution < 1.29 is 9.90 Å². The van der Waals surface area contributed by atoms with E-state index in [9.17, 15) is 9.90 Å². The van der Waals surface area contributed by atoms with Gasteiger partial charge in [-0.25, -0.2) is 4.79 Å². The van der Waals surface area contributed by atoms with Gasteiger partial charge in [-0.05, 0) is 50.7 Å². The first kappa shape index (κ1) is 13.3. The number of aliphatic hydroxyl groups excluding tert-OH is 1. The first-order chi connectivity index (χ1) is 9.56. The first-order valence-electron chi connectivity index (χ1n) is 7.13. The molecule has 2 N–H and O–H groups in total. The van der Waals surface area contributed by atoms with Gasteiger partial charge in [0.1, 0.15) is 0 Å². The normalized spacial score (nSPS) is 28.6. The molecule has 1 saturated heterocycles. The number of amides is 2. The predicted octanol–water partition coefficient (Wildman–Crippen LogP) is 1.47. The SMILES string of the molecule is Cc1cc(NC(=O)N2CC[C@@H]3CC[C@@H](O)[C@@H]32)nnc1C. The number of carbonyl (C=O) groups excluding carboxylic acids is 1. The van der Waals surface area contributed by atoms with E-state index in [4.69, 9.17) is 0 Å². The van der Waals surface area contributed by atoms with Gasteiger partial charge in [0.15, 0.2) is 5.82 Å². The Hall–Kier alpha value is -1.69. The number of anilines is 1. The molecule has 0 spiro atoms. The molecule has 2 heterocycles. The lowest BCUT2D eigenvalue weighted by Crippen LogP contribution is -2.44. The number of hydrogen-bond donors (Lipinski definition) is 2. The molecule has 2 fully saturated rings. The Bertz CT molecular complexity index is 534. The summed E-state index contributed by atoms with van der Waals surface area (Å²) in [5, 5.41) is 20.8. The third kappa shape index (κ3) is 2.24. The van der Waals surface area contributed by atoms with Gasteiger partial charge in [0.2, 0.25) is 0 Å². The smallest absolute Gasteiger partial charge is 0.323 e. The minimum absolute atomic E-state index is 0.0329. The lowest BCUT2D eigenvalue weighted by atomic mass is 10.0. The fourth-order valence-corrected chi connectivity index (χ4v) is 3.30. The Balaban J connectivity index is 1.71. The van der Waals surface area contributed by atoms with Gasteiger partial charge in [0.05, 0.1) is 17.8 Å². The van der Waals surface area contributed by atoms with Crippen LogP contribution in [0.1, 0.15) is 30.5 Å². The molecule has 2 amide bonds. The van der Waals surface area contributed by atoms with Crippen molar-refractivity contribution in [3.05, 3.63) is 17.3 Å². The van der Waals surface area contributed by atoms with Gasteiger partial charge < -0.3 is 10.0 Å². The summed E-state index contributed by atoms with van der Waals surface area (Å²) < 4.78 is 0. The van der Waals surface area contributed by atoms with Crippen LogP contribution in [0.4, 0.5) is 10.6 Å². The Labute approximate surface area is 118 Å². The molecule has 3 atom stereocenters. The zero-order chi connectivity index (χ0) is 14.3. The van der Waals surface area contributed by atoms with Crippen LogP contribution in [0.15, 0.2) is 6.07 Å².